The lowest BCUT2D eigenvalue weighted by molar-refractivity contribution is -0.117. The van der Waals surface area contributed by atoms with Crippen LogP contribution in [-0.4, -0.2) is 44.2 Å². The SMILES string of the molecule is CCC(CCC(=O)c1ccc(Cl)cc1F)CN/C=C1\C(=N)C=CC(C(=O)NCCOC)=C1C. The smallest absolute Gasteiger partial charge is 0.251 e. The molecule has 33 heavy (non-hydrogen) atoms. The fraction of sp³-hybridized carbons (Fsp3) is 0.400. The minimum atomic E-state index is -0.600. The highest BCUT2D eigenvalue weighted by Gasteiger charge is 2.19. The molecule has 1 aliphatic rings. The van der Waals surface area contributed by atoms with Crippen LogP contribution >= 0.6 is 11.6 Å². The molecular formula is C25H31ClFN3O3. The Morgan fingerprint density at radius 2 is 2.06 bits per heavy atom. The van der Waals surface area contributed by atoms with Crippen molar-refractivity contribution < 1.29 is 18.7 Å². The van der Waals surface area contributed by atoms with Crippen molar-refractivity contribution >= 4 is 29.0 Å². The molecule has 1 aliphatic carbocycles. The van der Waals surface area contributed by atoms with Gasteiger partial charge in [0, 0.05) is 49.0 Å². The number of ketones is 1. The summed E-state index contributed by atoms with van der Waals surface area (Å²) in [5.41, 5.74) is 2.24. The Morgan fingerprint density at radius 1 is 1.30 bits per heavy atom. The summed E-state index contributed by atoms with van der Waals surface area (Å²) in [5.74, 6) is -0.867. The Balaban J connectivity index is 1.96. The van der Waals surface area contributed by atoms with Crippen molar-refractivity contribution in [2.75, 3.05) is 26.8 Å². The first-order valence-corrected chi connectivity index (χ1v) is 11.3. The molecule has 1 amide bonds. The summed E-state index contributed by atoms with van der Waals surface area (Å²) in [7, 11) is 1.57. The Labute approximate surface area is 199 Å². The molecule has 1 aromatic rings. The number of benzene rings is 1. The van der Waals surface area contributed by atoms with Crippen LogP contribution in [0, 0.1) is 17.1 Å². The van der Waals surface area contributed by atoms with Crippen LogP contribution in [0.5, 0.6) is 0 Å². The molecule has 1 atom stereocenters. The number of nitrogens with one attached hydrogen (secondary N) is 3. The molecule has 0 heterocycles. The highest BCUT2D eigenvalue weighted by molar-refractivity contribution is 6.30. The first-order chi connectivity index (χ1) is 15.8. The number of methoxy groups -OCH3 is 1. The summed E-state index contributed by atoms with van der Waals surface area (Å²) in [6.07, 6.45) is 6.67. The second-order valence-corrected chi connectivity index (χ2v) is 8.30. The van der Waals surface area contributed by atoms with Gasteiger partial charge in [0.15, 0.2) is 5.78 Å². The maximum Gasteiger partial charge on any atom is 0.251 e. The van der Waals surface area contributed by atoms with E-state index in [1.54, 1.807) is 25.5 Å². The number of hydrogen-bond donors (Lipinski definition) is 3. The number of hydrogen-bond acceptors (Lipinski definition) is 5. The van der Waals surface area contributed by atoms with E-state index in [0.29, 0.717) is 48.5 Å². The molecule has 1 unspecified atom stereocenters. The second-order valence-electron chi connectivity index (χ2n) is 7.86. The van der Waals surface area contributed by atoms with Crippen LogP contribution in [0.25, 0.3) is 0 Å². The molecular weight excluding hydrogens is 445 g/mol. The number of rotatable bonds is 12. The third-order valence-corrected chi connectivity index (χ3v) is 5.83. The van der Waals surface area contributed by atoms with Gasteiger partial charge in [-0.05, 0) is 55.2 Å². The lowest BCUT2D eigenvalue weighted by Gasteiger charge is -2.19. The van der Waals surface area contributed by atoms with Gasteiger partial charge in [-0.3, -0.25) is 9.59 Å². The average molecular weight is 476 g/mol. The van der Waals surface area contributed by atoms with Crippen LogP contribution in [0.15, 0.2) is 53.3 Å². The second kappa shape index (κ2) is 13.1. The predicted octanol–water partition coefficient (Wildman–Crippen LogP) is 4.61. The first kappa shape index (κ1) is 26.5. The average Bonchev–Trinajstić information content (AvgIpc) is 2.78. The predicted molar refractivity (Wildman–Crippen MR) is 129 cm³/mol. The molecule has 8 heteroatoms. The monoisotopic (exact) mass is 475 g/mol. The maximum absolute atomic E-state index is 14.0. The van der Waals surface area contributed by atoms with Gasteiger partial charge in [-0.15, -0.1) is 0 Å². The fourth-order valence-corrected chi connectivity index (χ4v) is 3.64. The van der Waals surface area contributed by atoms with Crippen molar-refractivity contribution in [1.29, 1.82) is 5.41 Å². The zero-order chi connectivity index (χ0) is 24.4. The van der Waals surface area contributed by atoms with Crippen LogP contribution in [0.4, 0.5) is 4.39 Å². The highest BCUT2D eigenvalue weighted by Crippen LogP contribution is 2.23. The molecule has 0 radical (unpaired) electrons. The van der Waals surface area contributed by atoms with Gasteiger partial charge in [0.2, 0.25) is 0 Å². The van der Waals surface area contributed by atoms with Crippen molar-refractivity contribution in [3.05, 3.63) is 69.7 Å². The van der Waals surface area contributed by atoms with E-state index in [1.165, 1.54) is 12.1 Å². The Bertz CT molecular complexity index is 985. The highest BCUT2D eigenvalue weighted by atomic mass is 35.5. The maximum atomic E-state index is 14.0. The molecule has 6 nitrogen and oxygen atoms in total. The summed E-state index contributed by atoms with van der Waals surface area (Å²) in [6.45, 7) is 5.27. The molecule has 0 fully saturated rings. The number of carbonyl (C=O) groups is 2. The van der Waals surface area contributed by atoms with Crippen molar-refractivity contribution in [3.63, 3.8) is 0 Å². The summed E-state index contributed by atoms with van der Waals surface area (Å²) in [4.78, 5) is 24.8. The lowest BCUT2D eigenvalue weighted by Crippen LogP contribution is -2.30. The van der Waals surface area contributed by atoms with Crippen LogP contribution in [0.1, 0.15) is 43.5 Å². The third-order valence-electron chi connectivity index (χ3n) is 5.59. The molecule has 178 valence electrons. The molecule has 0 saturated heterocycles. The van der Waals surface area contributed by atoms with Gasteiger partial charge >= 0.3 is 0 Å². The third kappa shape index (κ3) is 7.65. The number of halogens is 2. The van der Waals surface area contributed by atoms with Gasteiger partial charge in [-0.1, -0.05) is 24.9 Å². The molecule has 1 aromatic carbocycles. The standard InChI is InChI=1S/C25H31ClFN3O3/c1-4-17(5-10-24(31)20-7-6-18(26)13-22(20)27)14-29-15-21-16(2)19(8-9-23(21)28)25(32)30-11-12-33-3/h6-9,13,15,17,28-29H,4-5,10-12,14H2,1-3H3,(H,30,32)/b21-15-,28-23?. The quantitative estimate of drug-likeness (QED) is 0.304. The Kier molecular flexibility index (Phi) is 10.5. The van der Waals surface area contributed by atoms with Gasteiger partial charge in [0.1, 0.15) is 5.82 Å². The zero-order valence-corrected chi connectivity index (χ0v) is 20.0. The molecule has 2 rings (SSSR count). The van der Waals surface area contributed by atoms with E-state index in [4.69, 9.17) is 21.7 Å². The lowest BCUT2D eigenvalue weighted by atomic mass is 9.92. The van der Waals surface area contributed by atoms with Crippen LogP contribution in [0.2, 0.25) is 5.02 Å². The summed E-state index contributed by atoms with van der Waals surface area (Å²) in [5, 5.41) is 14.5. The largest absolute Gasteiger partial charge is 0.390 e. The van der Waals surface area contributed by atoms with Crippen molar-refractivity contribution in [3.8, 4) is 0 Å². The van der Waals surface area contributed by atoms with E-state index in [-0.39, 0.29) is 34.6 Å². The Hall–Kier alpha value is -2.77. The van der Waals surface area contributed by atoms with E-state index < -0.39 is 5.82 Å². The molecule has 0 saturated carbocycles. The van der Waals surface area contributed by atoms with E-state index in [1.807, 2.05) is 13.8 Å². The van der Waals surface area contributed by atoms with E-state index in [2.05, 4.69) is 10.6 Å². The van der Waals surface area contributed by atoms with E-state index in [9.17, 15) is 14.0 Å². The number of ether oxygens (including phenoxy) is 1. The van der Waals surface area contributed by atoms with Crippen LogP contribution < -0.4 is 10.6 Å². The number of carbonyl (C=O) groups excluding carboxylic acids is 2. The molecule has 0 spiro atoms. The zero-order valence-electron chi connectivity index (χ0n) is 19.3. The van der Waals surface area contributed by atoms with Crippen LogP contribution in [-0.2, 0) is 9.53 Å². The van der Waals surface area contributed by atoms with Crippen molar-refractivity contribution in [2.45, 2.75) is 33.1 Å². The molecule has 0 aliphatic heterocycles. The number of allylic oxidation sites excluding steroid dienone is 3. The first-order valence-electron chi connectivity index (χ1n) is 11.0. The topological polar surface area (TPSA) is 91.3 Å². The number of Topliss-reactive ketones (excluding diaryl/α,β-unsaturated/α-hetero) is 1. The molecule has 0 aromatic heterocycles. The summed E-state index contributed by atoms with van der Waals surface area (Å²) in [6, 6.07) is 4.08. The summed E-state index contributed by atoms with van der Waals surface area (Å²) < 4.78 is 18.9. The van der Waals surface area contributed by atoms with Crippen LogP contribution in [0.3, 0.4) is 0 Å². The summed E-state index contributed by atoms with van der Waals surface area (Å²) >= 11 is 5.75. The molecule has 3 N–H and O–H groups in total. The number of amides is 1. The van der Waals surface area contributed by atoms with E-state index >= 15 is 0 Å². The van der Waals surface area contributed by atoms with Gasteiger partial charge in [-0.2, -0.15) is 0 Å². The molecule has 0 bridgehead atoms. The minimum Gasteiger partial charge on any atom is -0.390 e. The van der Waals surface area contributed by atoms with Gasteiger partial charge < -0.3 is 20.8 Å². The fourth-order valence-electron chi connectivity index (χ4n) is 3.49. The van der Waals surface area contributed by atoms with Crippen molar-refractivity contribution in [1.82, 2.24) is 10.6 Å². The van der Waals surface area contributed by atoms with Gasteiger partial charge in [0.25, 0.3) is 5.91 Å². The van der Waals surface area contributed by atoms with Gasteiger partial charge in [-0.25, -0.2) is 4.39 Å². The normalized spacial score (nSPS) is 15.7. The minimum absolute atomic E-state index is 0.0591. The van der Waals surface area contributed by atoms with Gasteiger partial charge in [0.05, 0.1) is 17.9 Å². The van der Waals surface area contributed by atoms with E-state index in [0.717, 1.165) is 12.5 Å². The Morgan fingerprint density at radius 3 is 2.73 bits per heavy atom. The van der Waals surface area contributed by atoms with Crippen molar-refractivity contribution in [2.24, 2.45) is 5.92 Å².